The van der Waals surface area contributed by atoms with Crippen molar-refractivity contribution < 1.29 is 43.9 Å². The van der Waals surface area contributed by atoms with Crippen LogP contribution in [0.3, 0.4) is 0 Å². The van der Waals surface area contributed by atoms with Gasteiger partial charge in [0.2, 0.25) is 5.79 Å². The molecule has 12 heteroatoms. The summed E-state index contributed by atoms with van der Waals surface area (Å²) in [6.45, 7) is 15.0. The van der Waals surface area contributed by atoms with Crippen LogP contribution in [-0.4, -0.2) is 109 Å². The van der Waals surface area contributed by atoms with Crippen molar-refractivity contribution in [3.05, 3.63) is 60.7 Å². The van der Waals surface area contributed by atoms with E-state index in [9.17, 15) is 15.0 Å². The van der Waals surface area contributed by atoms with Crippen LogP contribution in [0.5, 0.6) is 11.5 Å². The molecule has 2 aliphatic carbocycles. The Labute approximate surface area is 309 Å². The molecular formula is C40H61N3O9. The number of rotatable bonds is 21. The molecular weight excluding hydrogens is 666 g/mol. The van der Waals surface area contributed by atoms with Crippen LogP contribution in [0.4, 0.5) is 4.79 Å². The third-order valence-electron chi connectivity index (χ3n) is 9.99. The van der Waals surface area contributed by atoms with Crippen molar-refractivity contribution in [1.29, 1.82) is 0 Å². The third-order valence-corrected chi connectivity index (χ3v) is 9.99. The number of aliphatic hydroxyl groups is 3. The first-order valence-electron chi connectivity index (χ1n) is 18.7. The van der Waals surface area contributed by atoms with Crippen molar-refractivity contribution in [3.8, 4) is 11.5 Å². The van der Waals surface area contributed by atoms with Crippen molar-refractivity contribution >= 4 is 11.7 Å². The summed E-state index contributed by atoms with van der Waals surface area (Å²) < 4.78 is 25.5. The summed E-state index contributed by atoms with van der Waals surface area (Å²) in [6.07, 6.45) is 10.8. The number of hydrogen-bond acceptors (Lipinski definition) is 10. The lowest BCUT2D eigenvalue weighted by Crippen LogP contribution is -2.70. The van der Waals surface area contributed by atoms with Gasteiger partial charge in [0, 0.05) is 44.7 Å². The molecule has 2 amide bonds. The van der Waals surface area contributed by atoms with Gasteiger partial charge in [0.15, 0.2) is 0 Å². The molecule has 3 aliphatic rings. The van der Waals surface area contributed by atoms with E-state index in [1.807, 2.05) is 32.9 Å². The van der Waals surface area contributed by atoms with Crippen LogP contribution in [0.15, 0.2) is 60.3 Å². The molecule has 1 aromatic rings. The number of urea groups is 1. The van der Waals surface area contributed by atoms with E-state index in [-0.39, 0.29) is 70.0 Å². The maximum absolute atomic E-state index is 13.9. The predicted octanol–water partition coefficient (Wildman–Crippen LogP) is 5.33. The molecule has 12 nitrogen and oxygen atoms in total. The van der Waals surface area contributed by atoms with Gasteiger partial charge in [-0.05, 0) is 82.1 Å². The van der Waals surface area contributed by atoms with Gasteiger partial charge in [-0.25, -0.2) is 4.79 Å². The number of ether oxygens (including phenoxy) is 4. The van der Waals surface area contributed by atoms with Crippen LogP contribution < -0.4 is 14.8 Å². The van der Waals surface area contributed by atoms with E-state index < -0.39 is 23.3 Å². The summed E-state index contributed by atoms with van der Waals surface area (Å²) >= 11 is 0. The highest BCUT2D eigenvalue weighted by molar-refractivity contribution is 6.03. The Kier molecular flexibility index (Phi) is 15.6. The second-order valence-corrected chi connectivity index (χ2v) is 14.8. The Hall–Kier alpha value is -3.42. The zero-order valence-corrected chi connectivity index (χ0v) is 31.6. The maximum atomic E-state index is 13.9. The molecule has 1 aromatic carbocycles. The van der Waals surface area contributed by atoms with Crippen LogP contribution >= 0.6 is 0 Å². The lowest BCUT2D eigenvalue weighted by atomic mass is 9.55. The molecule has 0 bridgehead atoms. The Bertz CT molecular complexity index is 1390. The van der Waals surface area contributed by atoms with Crippen molar-refractivity contribution in [2.75, 3.05) is 59.8 Å². The normalized spacial score (nSPS) is 25.6. The molecule has 0 spiro atoms. The summed E-state index contributed by atoms with van der Waals surface area (Å²) in [5.74, 6) is -0.320. The molecule has 0 radical (unpaired) electrons. The third kappa shape index (κ3) is 9.96. The van der Waals surface area contributed by atoms with E-state index in [2.05, 4.69) is 30.6 Å². The second-order valence-electron chi connectivity index (χ2n) is 14.8. The Morgan fingerprint density at radius 3 is 2.46 bits per heavy atom. The van der Waals surface area contributed by atoms with Crippen molar-refractivity contribution in [2.24, 2.45) is 22.9 Å². The number of carbonyl (C=O) groups is 1. The van der Waals surface area contributed by atoms with Gasteiger partial charge < -0.3 is 49.3 Å². The average molecular weight is 728 g/mol. The number of benzene rings is 1. The molecule has 1 saturated carbocycles. The van der Waals surface area contributed by atoms with Gasteiger partial charge in [-0.3, -0.25) is 0 Å². The molecule has 1 aliphatic heterocycles. The number of nitrogens with zero attached hydrogens (tertiary/aromatic N) is 2. The van der Waals surface area contributed by atoms with Crippen LogP contribution in [-0.2, 0) is 14.3 Å². The molecule has 6 atom stereocenters. The first-order valence-corrected chi connectivity index (χ1v) is 18.7. The minimum atomic E-state index is -1.34. The van der Waals surface area contributed by atoms with Gasteiger partial charge >= 0.3 is 6.03 Å². The summed E-state index contributed by atoms with van der Waals surface area (Å²) in [5.41, 5.74) is 2.12. The van der Waals surface area contributed by atoms with Gasteiger partial charge in [-0.15, -0.1) is 6.58 Å². The topological polar surface area (TPSA) is 152 Å². The summed E-state index contributed by atoms with van der Waals surface area (Å²) in [5, 5.41) is 36.4. The minimum Gasteiger partial charge on any atom is -0.490 e. The van der Waals surface area contributed by atoms with E-state index in [1.165, 1.54) is 0 Å². The number of carbonyl (C=O) groups excluding carboxylic acids is 1. The molecule has 0 unspecified atom stereocenters. The number of unbranched alkanes of at least 4 members (excludes halogenated alkanes) is 2. The number of aliphatic hydroxyl groups excluding tert-OH is 3. The lowest BCUT2D eigenvalue weighted by molar-refractivity contribution is -0.252. The monoisotopic (exact) mass is 727 g/mol. The van der Waals surface area contributed by atoms with Gasteiger partial charge in [0.25, 0.3) is 0 Å². The van der Waals surface area contributed by atoms with Crippen LogP contribution in [0.1, 0.15) is 77.2 Å². The smallest absolute Gasteiger partial charge is 0.317 e. The van der Waals surface area contributed by atoms with Crippen LogP contribution in [0.2, 0.25) is 0 Å². The summed E-state index contributed by atoms with van der Waals surface area (Å²) in [4.78, 5) is 21.6. The summed E-state index contributed by atoms with van der Waals surface area (Å²) in [6, 6.07) is 4.88. The fraction of sp³-hybridized carbons (Fsp3) is 0.650. The zero-order valence-electron chi connectivity index (χ0n) is 31.6. The largest absolute Gasteiger partial charge is 0.490 e. The van der Waals surface area contributed by atoms with Crippen molar-refractivity contribution in [2.45, 2.75) is 89.1 Å². The minimum absolute atomic E-state index is 0.0970. The zero-order chi connectivity index (χ0) is 37.7. The number of amides is 2. The SMILES string of the molecule is C=CCOc1ccc2c(c1)[C@H]1[C@H](CCCCO)[C@@H](CCCCO)C=C3C(=NOC(C)(C)C)C[C@H](N(C)C(=O)NCCOCCO)[C@@](OCC=C)(O2)[C@H]31. The number of likely N-dealkylation sites (N-methyl/N-ethyl adjacent to an activating group) is 1. The van der Waals surface area contributed by atoms with E-state index in [0.29, 0.717) is 37.4 Å². The number of hydrogen-bond donors (Lipinski definition) is 4. The Morgan fingerprint density at radius 2 is 1.79 bits per heavy atom. The second kappa shape index (κ2) is 19.6. The fourth-order valence-electron chi connectivity index (χ4n) is 7.83. The molecule has 4 N–H and O–H groups in total. The maximum Gasteiger partial charge on any atom is 0.317 e. The first kappa shape index (κ1) is 41.3. The van der Waals surface area contributed by atoms with E-state index in [0.717, 1.165) is 42.5 Å². The molecule has 52 heavy (non-hydrogen) atoms. The highest BCUT2D eigenvalue weighted by Gasteiger charge is 2.65. The fourth-order valence-corrected chi connectivity index (χ4v) is 7.83. The number of oxime groups is 1. The standard InChI is InChI=1S/C40H61N3O9/c1-7-21-49-29-15-16-34-32(26-29)36-30(14-10-12-19-45)28(13-9-11-18-44)25-31-33(42-52-39(3,4)5)27-35(40(51-34,37(31)36)50-22-8-2)43(6)38(47)41-17-23-48-24-20-46/h7-8,15-16,25-26,28,30,35-37,44-46H,1-2,9-14,17-24,27H2,3-6H3,(H,41,47)/t28-,30+,35-,36+,37+,40+/m0/s1. The molecule has 4 rings (SSSR count). The molecule has 290 valence electrons. The van der Waals surface area contributed by atoms with E-state index in [1.54, 1.807) is 24.1 Å². The van der Waals surface area contributed by atoms with Gasteiger partial charge in [0.05, 0.1) is 38.1 Å². The van der Waals surface area contributed by atoms with E-state index in [4.69, 9.17) is 34.0 Å². The Morgan fingerprint density at radius 1 is 1.06 bits per heavy atom. The van der Waals surface area contributed by atoms with Crippen molar-refractivity contribution in [3.63, 3.8) is 0 Å². The highest BCUT2D eigenvalue weighted by Crippen LogP contribution is 2.61. The molecule has 1 fully saturated rings. The molecule has 0 aromatic heterocycles. The average Bonchev–Trinajstić information content (AvgIpc) is 3.12. The highest BCUT2D eigenvalue weighted by atomic mass is 16.7. The number of fused-ring (bicyclic) bond motifs is 2. The molecule has 0 saturated heterocycles. The Balaban J connectivity index is 1.95. The summed E-state index contributed by atoms with van der Waals surface area (Å²) in [7, 11) is 1.74. The number of allylic oxidation sites excluding steroid dienone is 1. The quantitative estimate of drug-likeness (QED) is 0.0748. The number of nitrogens with one attached hydrogen (secondary N) is 1. The van der Waals surface area contributed by atoms with E-state index >= 15 is 0 Å². The molecule has 1 heterocycles. The van der Waals surface area contributed by atoms with Gasteiger partial charge in [-0.2, -0.15) is 0 Å². The lowest BCUT2D eigenvalue weighted by Gasteiger charge is -2.59. The van der Waals surface area contributed by atoms with Gasteiger partial charge in [-0.1, -0.05) is 42.8 Å². The predicted molar refractivity (Wildman–Crippen MR) is 201 cm³/mol. The van der Waals surface area contributed by atoms with Gasteiger partial charge in [0.1, 0.15) is 29.7 Å². The first-order chi connectivity index (χ1) is 25.0. The van der Waals surface area contributed by atoms with Crippen LogP contribution in [0, 0.1) is 17.8 Å². The van der Waals surface area contributed by atoms with Crippen LogP contribution in [0.25, 0.3) is 0 Å². The van der Waals surface area contributed by atoms with Crippen molar-refractivity contribution in [1.82, 2.24) is 10.2 Å².